The molecule has 7 aromatic rings. The molecule has 0 spiro atoms. The number of rotatable bonds is 3. The molecule has 0 N–H and O–H groups in total. The van der Waals surface area contributed by atoms with Gasteiger partial charge in [-0.2, -0.15) is 4.98 Å². The number of aryl methyl sites for hydroxylation is 6. The standard InChI is InChI=1S/C37H32N2O/c1-21-15-23(3)35(24(4)16-21)27-11-13-32-29(19-27)30-20-28(36-25(5)17-22(2)18-26(36)6)12-14-33(30)39(32)37-38-31-9-7-8-10-34(31)40-37/h7-20H,1-6H3. The van der Waals surface area contributed by atoms with Gasteiger partial charge in [0.15, 0.2) is 5.58 Å². The Morgan fingerprint density at radius 2 is 1.02 bits per heavy atom. The van der Waals surface area contributed by atoms with Crippen molar-refractivity contribution in [3.05, 3.63) is 118 Å². The molecule has 196 valence electrons. The summed E-state index contributed by atoms with van der Waals surface area (Å²) in [5.41, 5.74) is 16.7. The van der Waals surface area contributed by atoms with Gasteiger partial charge in [-0.3, -0.25) is 4.57 Å². The predicted octanol–water partition coefficient (Wildman–Crippen LogP) is 10.1. The lowest BCUT2D eigenvalue weighted by molar-refractivity contribution is 0.574. The molecule has 0 saturated carbocycles. The zero-order valence-electron chi connectivity index (χ0n) is 23.9. The monoisotopic (exact) mass is 520 g/mol. The van der Waals surface area contributed by atoms with E-state index in [9.17, 15) is 0 Å². The number of oxazole rings is 1. The lowest BCUT2D eigenvalue weighted by atomic mass is 9.91. The molecular formula is C37H32N2O. The van der Waals surface area contributed by atoms with Crippen LogP contribution in [-0.2, 0) is 0 Å². The molecule has 5 aromatic carbocycles. The molecule has 0 unspecified atom stereocenters. The summed E-state index contributed by atoms with van der Waals surface area (Å²) < 4.78 is 8.48. The Morgan fingerprint density at radius 1 is 0.550 bits per heavy atom. The Balaban J connectivity index is 1.55. The number of benzene rings is 5. The molecule has 0 aliphatic heterocycles. The van der Waals surface area contributed by atoms with Crippen LogP contribution < -0.4 is 0 Å². The van der Waals surface area contributed by atoms with Crippen molar-refractivity contribution in [2.24, 2.45) is 0 Å². The van der Waals surface area contributed by atoms with E-state index < -0.39 is 0 Å². The lowest BCUT2D eigenvalue weighted by Gasteiger charge is -2.13. The zero-order chi connectivity index (χ0) is 27.7. The minimum atomic E-state index is 0.590. The molecule has 2 heterocycles. The summed E-state index contributed by atoms with van der Waals surface area (Å²) in [7, 11) is 0. The van der Waals surface area contributed by atoms with Gasteiger partial charge in [0.25, 0.3) is 0 Å². The smallest absolute Gasteiger partial charge is 0.307 e. The molecule has 0 saturated heterocycles. The topological polar surface area (TPSA) is 31.0 Å². The van der Waals surface area contributed by atoms with Crippen LogP contribution in [0.15, 0.2) is 89.3 Å². The molecule has 0 bridgehead atoms. The van der Waals surface area contributed by atoms with Crippen molar-refractivity contribution in [3.63, 3.8) is 0 Å². The van der Waals surface area contributed by atoms with E-state index in [1.54, 1.807) is 0 Å². The Bertz CT molecular complexity index is 1930. The van der Waals surface area contributed by atoms with E-state index in [2.05, 4.69) is 107 Å². The van der Waals surface area contributed by atoms with E-state index in [1.807, 2.05) is 24.3 Å². The summed E-state index contributed by atoms with van der Waals surface area (Å²) in [5, 5.41) is 2.39. The van der Waals surface area contributed by atoms with Crippen LogP contribution in [0.1, 0.15) is 33.4 Å². The van der Waals surface area contributed by atoms with Crippen molar-refractivity contribution in [3.8, 4) is 28.3 Å². The van der Waals surface area contributed by atoms with Crippen molar-refractivity contribution < 1.29 is 4.42 Å². The summed E-state index contributed by atoms with van der Waals surface area (Å²) in [6.45, 7) is 13.2. The molecule has 3 heteroatoms. The molecule has 0 radical (unpaired) electrons. The van der Waals surface area contributed by atoms with E-state index in [1.165, 1.54) is 66.4 Å². The van der Waals surface area contributed by atoms with Crippen LogP contribution >= 0.6 is 0 Å². The van der Waals surface area contributed by atoms with Gasteiger partial charge in [0.05, 0.1) is 11.0 Å². The second kappa shape index (κ2) is 8.96. The summed E-state index contributed by atoms with van der Waals surface area (Å²) in [6.07, 6.45) is 0. The quantitative estimate of drug-likeness (QED) is 0.232. The van der Waals surface area contributed by atoms with Crippen LogP contribution in [-0.4, -0.2) is 9.55 Å². The largest absolute Gasteiger partial charge is 0.423 e. The maximum atomic E-state index is 6.31. The first-order valence-electron chi connectivity index (χ1n) is 13.9. The summed E-state index contributed by atoms with van der Waals surface area (Å²) in [4.78, 5) is 4.89. The first-order valence-corrected chi connectivity index (χ1v) is 13.9. The first-order chi connectivity index (χ1) is 19.3. The number of aromatic nitrogens is 2. The highest BCUT2D eigenvalue weighted by Crippen LogP contribution is 2.39. The minimum absolute atomic E-state index is 0.590. The number of hydrogen-bond acceptors (Lipinski definition) is 2. The molecule has 40 heavy (non-hydrogen) atoms. The normalized spacial score (nSPS) is 11.8. The Labute approximate surface area is 234 Å². The van der Waals surface area contributed by atoms with E-state index >= 15 is 0 Å². The van der Waals surface area contributed by atoms with Gasteiger partial charge >= 0.3 is 6.01 Å². The number of nitrogens with zero attached hydrogens (tertiary/aromatic N) is 2. The third-order valence-corrected chi connectivity index (χ3v) is 8.17. The fraction of sp³-hybridized carbons (Fsp3) is 0.162. The second-order valence-electron chi connectivity index (χ2n) is 11.3. The lowest BCUT2D eigenvalue weighted by Crippen LogP contribution is -1.94. The van der Waals surface area contributed by atoms with Crippen LogP contribution in [0.2, 0.25) is 0 Å². The molecular weight excluding hydrogens is 488 g/mol. The Hall–Kier alpha value is -4.63. The second-order valence-corrected chi connectivity index (χ2v) is 11.3. The van der Waals surface area contributed by atoms with Gasteiger partial charge < -0.3 is 4.42 Å². The van der Waals surface area contributed by atoms with Crippen LogP contribution in [0.4, 0.5) is 0 Å². The molecule has 0 fully saturated rings. The number of hydrogen-bond donors (Lipinski definition) is 0. The van der Waals surface area contributed by atoms with Crippen LogP contribution in [0, 0.1) is 41.5 Å². The third-order valence-electron chi connectivity index (χ3n) is 8.17. The fourth-order valence-electron chi connectivity index (χ4n) is 6.77. The van der Waals surface area contributed by atoms with Crippen molar-refractivity contribution in [2.45, 2.75) is 41.5 Å². The van der Waals surface area contributed by atoms with Crippen LogP contribution in [0.3, 0.4) is 0 Å². The number of fused-ring (bicyclic) bond motifs is 4. The van der Waals surface area contributed by atoms with Crippen LogP contribution in [0.5, 0.6) is 0 Å². The molecule has 0 amide bonds. The molecule has 7 rings (SSSR count). The fourth-order valence-corrected chi connectivity index (χ4v) is 6.77. The van der Waals surface area contributed by atoms with E-state index in [0.717, 1.165) is 22.1 Å². The van der Waals surface area contributed by atoms with Gasteiger partial charge in [-0.25, -0.2) is 0 Å². The highest BCUT2D eigenvalue weighted by atomic mass is 16.4. The summed E-state index contributed by atoms with van der Waals surface area (Å²) >= 11 is 0. The van der Waals surface area contributed by atoms with Gasteiger partial charge in [-0.15, -0.1) is 0 Å². The SMILES string of the molecule is Cc1cc(C)c(-c2ccc3c(c2)c2cc(-c4c(C)cc(C)cc4C)ccc2n3-c2nc3ccccc3o2)c(C)c1. The number of para-hydroxylation sites is 2. The Morgan fingerprint density at radius 3 is 1.50 bits per heavy atom. The summed E-state index contributed by atoms with van der Waals surface area (Å²) in [5.74, 6) is 0. The highest BCUT2D eigenvalue weighted by Gasteiger charge is 2.19. The molecule has 0 aliphatic carbocycles. The molecule has 0 atom stereocenters. The zero-order valence-corrected chi connectivity index (χ0v) is 23.9. The maximum Gasteiger partial charge on any atom is 0.307 e. The van der Waals surface area contributed by atoms with Crippen molar-refractivity contribution >= 4 is 32.9 Å². The van der Waals surface area contributed by atoms with E-state index in [-0.39, 0.29) is 0 Å². The van der Waals surface area contributed by atoms with Crippen molar-refractivity contribution in [1.29, 1.82) is 0 Å². The molecule has 2 aromatic heterocycles. The van der Waals surface area contributed by atoms with Crippen LogP contribution in [0.25, 0.3) is 61.2 Å². The van der Waals surface area contributed by atoms with Crippen molar-refractivity contribution in [2.75, 3.05) is 0 Å². The minimum Gasteiger partial charge on any atom is -0.423 e. The maximum absolute atomic E-state index is 6.31. The van der Waals surface area contributed by atoms with E-state index in [0.29, 0.717) is 6.01 Å². The average molecular weight is 521 g/mol. The summed E-state index contributed by atoms with van der Waals surface area (Å²) in [6, 6.07) is 31.3. The Kier molecular flexibility index (Phi) is 5.47. The first kappa shape index (κ1) is 24.4. The molecule has 0 aliphatic rings. The average Bonchev–Trinajstić information content (AvgIpc) is 3.46. The van der Waals surface area contributed by atoms with Gasteiger partial charge in [0.2, 0.25) is 0 Å². The highest BCUT2D eigenvalue weighted by molar-refractivity contribution is 6.11. The van der Waals surface area contributed by atoms with Gasteiger partial charge in [-0.05, 0) is 122 Å². The third kappa shape index (κ3) is 3.76. The van der Waals surface area contributed by atoms with Gasteiger partial charge in [0, 0.05) is 10.8 Å². The predicted molar refractivity (Wildman–Crippen MR) is 168 cm³/mol. The van der Waals surface area contributed by atoms with Gasteiger partial charge in [0.1, 0.15) is 5.52 Å². The van der Waals surface area contributed by atoms with E-state index in [4.69, 9.17) is 9.40 Å². The van der Waals surface area contributed by atoms with Gasteiger partial charge in [-0.1, -0.05) is 59.7 Å². The molecule has 3 nitrogen and oxygen atoms in total. The van der Waals surface area contributed by atoms with Crippen molar-refractivity contribution in [1.82, 2.24) is 9.55 Å².